The van der Waals surface area contributed by atoms with E-state index in [0.29, 0.717) is 19.3 Å². The van der Waals surface area contributed by atoms with Gasteiger partial charge in [0.15, 0.2) is 0 Å². The third kappa shape index (κ3) is 3.71. The van der Waals surface area contributed by atoms with Crippen molar-refractivity contribution in [2.24, 2.45) is 0 Å². The van der Waals surface area contributed by atoms with Crippen LogP contribution in [0.25, 0.3) is 0 Å². The quantitative estimate of drug-likeness (QED) is 0.925. The Morgan fingerprint density at radius 1 is 1.37 bits per heavy atom. The zero-order valence-corrected chi connectivity index (χ0v) is 13.2. The van der Waals surface area contributed by atoms with Gasteiger partial charge in [-0.25, -0.2) is 0 Å². The Morgan fingerprint density at radius 3 is 2.53 bits per heavy atom. The van der Waals surface area contributed by atoms with Crippen LogP contribution >= 0.6 is 15.9 Å². The summed E-state index contributed by atoms with van der Waals surface area (Å²) in [5.41, 5.74) is 0.432. The zero-order valence-electron chi connectivity index (χ0n) is 11.6. The van der Waals surface area contributed by atoms with Gasteiger partial charge >= 0.3 is 0 Å². The summed E-state index contributed by atoms with van der Waals surface area (Å²) in [6, 6.07) is 5.95. The molecule has 4 heteroatoms. The van der Waals surface area contributed by atoms with Crippen molar-refractivity contribution in [1.29, 1.82) is 0 Å². The Labute approximate surface area is 123 Å². The Balaban J connectivity index is 2.13. The highest BCUT2D eigenvalue weighted by atomic mass is 79.9. The number of rotatable bonds is 3. The lowest BCUT2D eigenvalue weighted by Crippen LogP contribution is -2.44. The van der Waals surface area contributed by atoms with Gasteiger partial charge in [0.05, 0.1) is 29.4 Å². The molecule has 0 saturated carbocycles. The summed E-state index contributed by atoms with van der Waals surface area (Å²) < 4.78 is 11.8. The third-order valence-corrected chi connectivity index (χ3v) is 4.17. The van der Waals surface area contributed by atoms with Crippen LogP contribution in [-0.2, 0) is 11.2 Å². The molecule has 2 atom stereocenters. The molecule has 106 valence electrons. The van der Waals surface area contributed by atoms with Crippen LogP contribution in [0.4, 0.5) is 0 Å². The summed E-state index contributed by atoms with van der Waals surface area (Å²) in [4.78, 5) is 0. The number of methoxy groups -OCH3 is 1. The normalized spacial score (nSPS) is 31.2. The van der Waals surface area contributed by atoms with Gasteiger partial charge in [-0.3, -0.25) is 0 Å². The molecule has 0 bridgehead atoms. The molecule has 0 amide bonds. The molecule has 1 aromatic rings. The van der Waals surface area contributed by atoms with Gasteiger partial charge in [-0.05, 0) is 47.5 Å². The second kappa shape index (κ2) is 5.81. The summed E-state index contributed by atoms with van der Waals surface area (Å²) >= 11 is 3.48. The number of hydrogen-bond donors (Lipinski definition) is 1. The van der Waals surface area contributed by atoms with Crippen LogP contribution in [0.2, 0.25) is 0 Å². The van der Waals surface area contributed by atoms with Gasteiger partial charge in [-0.2, -0.15) is 0 Å². The Kier molecular flexibility index (Phi) is 4.54. The second-order valence-corrected chi connectivity index (χ2v) is 6.39. The molecule has 1 heterocycles. The highest BCUT2D eigenvalue weighted by Crippen LogP contribution is 2.33. The van der Waals surface area contributed by atoms with Crippen LogP contribution in [0.15, 0.2) is 22.7 Å². The van der Waals surface area contributed by atoms with E-state index < -0.39 is 5.60 Å². The summed E-state index contributed by atoms with van der Waals surface area (Å²) in [7, 11) is 1.65. The summed E-state index contributed by atoms with van der Waals surface area (Å²) in [5, 5.41) is 10.8. The van der Waals surface area contributed by atoms with E-state index in [1.54, 1.807) is 7.11 Å². The van der Waals surface area contributed by atoms with E-state index >= 15 is 0 Å². The maximum atomic E-state index is 10.8. The van der Waals surface area contributed by atoms with Crippen LogP contribution in [-0.4, -0.2) is 30.0 Å². The SMILES string of the molecule is COc1ccc(CC2(O)CC(C)OC(C)C2)cc1Br. The zero-order chi connectivity index (χ0) is 14.0. The summed E-state index contributed by atoms with van der Waals surface area (Å²) in [5.74, 6) is 0.810. The molecule has 0 radical (unpaired) electrons. The largest absolute Gasteiger partial charge is 0.496 e. The molecule has 0 spiro atoms. The molecular formula is C15H21BrO3. The van der Waals surface area contributed by atoms with E-state index in [2.05, 4.69) is 15.9 Å². The minimum atomic E-state index is -0.675. The number of aliphatic hydroxyl groups is 1. The van der Waals surface area contributed by atoms with E-state index in [4.69, 9.17) is 9.47 Å². The third-order valence-electron chi connectivity index (χ3n) is 3.55. The van der Waals surface area contributed by atoms with E-state index in [9.17, 15) is 5.11 Å². The van der Waals surface area contributed by atoms with Crippen LogP contribution in [0.1, 0.15) is 32.3 Å². The standard InChI is InChI=1S/C15H21BrO3/c1-10-7-15(17,8-11(2)19-10)9-12-4-5-14(18-3)13(16)6-12/h4-6,10-11,17H,7-9H2,1-3H3. The molecule has 3 nitrogen and oxygen atoms in total. The topological polar surface area (TPSA) is 38.7 Å². The van der Waals surface area contributed by atoms with Crippen molar-refractivity contribution in [3.63, 3.8) is 0 Å². The van der Waals surface area contributed by atoms with E-state index in [0.717, 1.165) is 15.8 Å². The average molecular weight is 329 g/mol. The van der Waals surface area contributed by atoms with Gasteiger partial charge in [0.1, 0.15) is 5.75 Å². The van der Waals surface area contributed by atoms with Crippen LogP contribution in [0.3, 0.4) is 0 Å². The van der Waals surface area contributed by atoms with Crippen LogP contribution in [0.5, 0.6) is 5.75 Å². The van der Waals surface area contributed by atoms with Gasteiger partial charge in [-0.1, -0.05) is 6.07 Å². The number of ether oxygens (including phenoxy) is 2. The molecule has 19 heavy (non-hydrogen) atoms. The first-order chi connectivity index (χ1) is 8.92. The fourth-order valence-corrected chi connectivity index (χ4v) is 3.58. The fourth-order valence-electron chi connectivity index (χ4n) is 2.99. The molecule has 1 fully saturated rings. The Hall–Kier alpha value is -0.580. The van der Waals surface area contributed by atoms with Gasteiger partial charge in [0.2, 0.25) is 0 Å². The number of hydrogen-bond acceptors (Lipinski definition) is 3. The molecule has 1 aromatic carbocycles. The van der Waals surface area contributed by atoms with Crippen molar-refractivity contribution in [3.8, 4) is 5.75 Å². The second-order valence-electron chi connectivity index (χ2n) is 5.54. The molecule has 0 aromatic heterocycles. The lowest BCUT2D eigenvalue weighted by Gasteiger charge is -2.39. The van der Waals surface area contributed by atoms with Crippen molar-refractivity contribution in [2.75, 3.05) is 7.11 Å². The molecule has 2 unspecified atom stereocenters. The molecule has 2 rings (SSSR count). The lowest BCUT2D eigenvalue weighted by molar-refractivity contribution is -0.130. The molecule has 1 aliphatic rings. The predicted octanol–water partition coefficient (Wildman–Crippen LogP) is 3.32. The van der Waals surface area contributed by atoms with Crippen molar-refractivity contribution in [1.82, 2.24) is 0 Å². The van der Waals surface area contributed by atoms with Crippen LogP contribution < -0.4 is 4.74 Å². The molecule has 1 aliphatic heterocycles. The summed E-state index contributed by atoms with van der Waals surface area (Å²) in [6.45, 7) is 4.04. The maximum Gasteiger partial charge on any atom is 0.133 e. The molecule has 0 aliphatic carbocycles. The van der Waals surface area contributed by atoms with E-state index in [-0.39, 0.29) is 12.2 Å². The minimum Gasteiger partial charge on any atom is -0.496 e. The van der Waals surface area contributed by atoms with Crippen molar-refractivity contribution in [2.45, 2.75) is 50.9 Å². The minimum absolute atomic E-state index is 0.107. The highest BCUT2D eigenvalue weighted by molar-refractivity contribution is 9.10. The molecule has 1 saturated heterocycles. The number of benzene rings is 1. The van der Waals surface area contributed by atoms with Gasteiger partial charge in [0.25, 0.3) is 0 Å². The van der Waals surface area contributed by atoms with Gasteiger partial charge < -0.3 is 14.6 Å². The van der Waals surface area contributed by atoms with Gasteiger partial charge in [0, 0.05) is 19.3 Å². The molecular weight excluding hydrogens is 308 g/mol. The first-order valence-corrected chi connectivity index (χ1v) is 7.41. The van der Waals surface area contributed by atoms with Crippen molar-refractivity contribution >= 4 is 15.9 Å². The van der Waals surface area contributed by atoms with Crippen molar-refractivity contribution in [3.05, 3.63) is 28.2 Å². The Morgan fingerprint density at radius 2 is 2.00 bits per heavy atom. The van der Waals surface area contributed by atoms with E-state index in [1.165, 1.54) is 0 Å². The lowest BCUT2D eigenvalue weighted by atomic mass is 9.82. The number of halogens is 1. The summed E-state index contributed by atoms with van der Waals surface area (Å²) in [6.07, 6.45) is 2.22. The smallest absolute Gasteiger partial charge is 0.133 e. The first kappa shape index (κ1) is 14.8. The van der Waals surface area contributed by atoms with Gasteiger partial charge in [-0.15, -0.1) is 0 Å². The molecule has 1 N–H and O–H groups in total. The maximum absolute atomic E-state index is 10.8. The Bertz CT molecular complexity index is 437. The fraction of sp³-hybridized carbons (Fsp3) is 0.600. The average Bonchev–Trinajstić information content (AvgIpc) is 2.26. The predicted molar refractivity (Wildman–Crippen MR) is 78.6 cm³/mol. The van der Waals surface area contributed by atoms with E-state index in [1.807, 2.05) is 32.0 Å². The highest BCUT2D eigenvalue weighted by Gasteiger charge is 2.36. The monoisotopic (exact) mass is 328 g/mol. The van der Waals surface area contributed by atoms with Crippen LogP contribution in [0, 0.1) is 0 Å². The first-order valence-electron chi connectivity index (χ1n) is 6.62. The van der Waals surface area contributed by atoms with Crippen molar-refractivity contribution < 1.29 is 14.6 Å².